The van der Waals surface area contributed by atoms with E-state index in [0.717, 1.165) is 19.4 Å². The molecule has 16 heavy (non-hydrogen) atoms. The first-order chi connectivity index (χ1) is 7.66. The maximum atomic E-state index is 13.0. The first-order valence-electron chi connectivity index (χ1n) is 5.47. The summed E-state index contributed by atoms with van der Waals surface area (Å²) >= 11 is 0. The quantitative estimate of drug-likeness (QED) is 0.801. The van der Waals surface area contributed by atoms with Crippen molar-refractivity contribution in [2.45, 2.75) is 25.8 Å². The molecule has 0 aromatic heterocycles. The highest BCUT2D eigenvalue weighted by Gasteiger charge is 2.21. The van der Waals surface area contributed by atoms with Crippen LogP contribution in [0, 0.1) is 12.7 Å². The summed E-state index contributed by atoms with van der Waals surface area (Å²) in [6.45, 7) is 2.57. The topological polar surface area (TPSA) is 41.1 Å². The van der Waals surface area contributed by atoms with Gasteiger partial charge in [-0.15, -0.1) is 0 Å². The Bertz CT molecular complexity index is 400. The van der Waals surface area contributed by atoms with Crippen LogP contribution in [0.1, 0.15) is 18.4 Å². The van der Waals surface area contributed by atoms with E-state index in [-0.39, 0.29) is 17.8 Å². The van der Waals surface area contributed by atoms with Gasteiger partial charge in [-0.1, -0.05) is 0 Å². The van der Waals surface area contributed by atoms with Crippen LogP contribution in [0.15, 0.2) is 18.2 Å². The van der Waals surface area contributed by atoms with Crippen molar-refractivity contribution in [3.8, 4) is 0 Å². The van der Waals surface area contributed by atoms with Crippen LogP contribution in [0.25, 0.3) is 0 Å². The minimum atomic E-state index is -0.253. The number of hydrogen-bond donors (Lipinski definition) is 2. The molecule has 0 aliphatic carbocycles. The minimum Gasteiger partial charge on any atom is -0.325 e. The second-order valence-corrected chi connectivity index (χ2v) is 4.10. The Labute approximate surface area is 94.0 Å². The monoisotopic (exact) mass is 222 g/mol. The first kappa shape index (κ1) is 11.1. The largest absolute Gasteiger partial charge is 0.325 e. The van der Waals surface area contributed by atoms with Crippen molar-refractivity contribution in [1.82, 2.24) is 5.32 Å². The van der Waals surface area contributed by atoms with Crippen molar-refractivity contribution in [3.63, 3.8) is 0 Å². The number of benzene rings is 1. The third-order valence-corrected chi connectivity index (χ3v) is 2.80. The Morgan fingerprint density at radius 2 is 2.38 bits per heavy atom. The number of aryl methyl sites for hydroxylation is 1. The van der Waals surface area contributed by atoms with Gasteiger partial charge in [0, 0.05) is 5.69 Å². The van der Waals surface area contributed by atoms with E-state index < -0.39 is 0 Å². The molecule has 0 saturated carbocycles. The smallest absolute Gasteiger partial charge is 0.241 e. The van der Waals surface area contributed by atoms with E-state index in [1.807, 2.05) is 0 Å². The Kier molecular flexibility index (Phi) is 3.19. The Morgan fingerprint density at radius 3 is 3.00 bits per heavy atom. The average Bonchev–Trinajstić information content (AvgIpc) is 2.77. The molecule has 2 N–H and O–H groups in total. The zero-order valence-corrected chi connectivity index (χ0v) is 9.22. The predicted molar refractivity (Wildman–Crippen MR) is 60.8 cm³/mol. The Balaban J connectivity index is 2.02. The molecule has 1 aliphatic rings. The summed E-state index contributed by atoms with van der Waals surface area (Å²) in [5.74, 6) is -0.291. The van der Waals surface area contributed by atoms with Crippen molar-refractivity contribution >= 4 is 11.6 Å². The number of anilines is 1. The maximum Gasteiger partial charge on any atom is 0.241 e. The normalized spacial score (nSPS) is 19.8. The van der Waals surface area contributed by atoms with Gasteiger partial charge in [-0.25, -0.2) is 4.39 Å². The van der Waals surface area contributed by atoms with E-state index in [9.17, 15) is 9.18 Å². The van der Waals surface area contributed by atoms with Gasteiger partial charge in [0.2, 0.25) is 5.91 Å². The summed E-state index contributed by atoms with van der Waals surface area (Å²) in [4.78, 5) is 11.7. The van der Waals surface area contributed by atoms with Gasteiger partial charge >= 0.3 is 0 Å². The molecule has 86 valence electrons. The van der Waals surface area contributed by atoms with Gasteiger partial charge in [-0.3, -0.25) is 4.79 Å². The predicted octanol–water partition coefficient (Wildman–Crippen LogP) is 1.82. The molecule has 1 heterocycles. The number of rotatable bonds is 2. The SMILES string of the molecule is Cc1cc(NC(=O)[C@@H]2CCCN2)ccc1F. The van der Waals surface area contributed by atoms with Gasteiger partial charge < -0.3 is 10.6 Å². The number of nitrogens with one attached hydrogen (secondary N) is 2. The number of carbonyl (C=O) groups is 1. The van der Waals surface area contributed by atoms with Crippen LogP contribution in [0.3, 0.4) is 0 Å². The third-order valence-electron chi connectivity index (χ3n) is 2.80. The lowest BCUT2D eigenvalue weighted by molar-refractivity contribution is -0.117. The summed E-state index contributed by atoms with van der Waals surface area (Å²) < 4.78 is 13.0. The fourth-order valence-electron chi connectivity index (χ4n) is 1.86. The van der Waals surface area contributed by atoms with Crippen LogP contribution >= 0.6 is 0 Å². The zero-order chi connectivity index (χ0) is 11.5. The molecular weight excluding hydrogens is 207 g/mol. The first-order valence-corrected chi connectivity index (χ1v) is 5.47. The molecule has 2 rings (SSSR count). The Morgan fingerprint density at radius 1 is 1.56 bits per heavy atom. The summed E-state index contributed by atoms with van der Waals surface area (Å²) in [5.41, 5.74) is 1.19. The van der Waals surface area contributed by atoms with Crippen molar-refractivity contribution < 1.29 is 9.18 Å². The van der Waals surface area contributed by atoms with Crippen LogP contribution < -0.4 is 10.6 Å². The van der Waals surface area contributed by atoms with Crippen molar-refractivity contribution in [2.24, 2.45) is 0 Å². The van der Waals surface area contributed by atoms with E-state index in [4.69, 9.17) is 0 Å². The zero-order valence-electron chi connectivity index (χ0n) is 9.22. The van der Waals surface area contributed by atoms with Gasteiger partial charge in [0.15, 0.2) is 0 Å². The number of hydrogen-bond acceptors (Lipinski definition) is 2. The maximum absolute atomic E-state index is 13.0. The molecule has 1 amide bonds. The number of halogens is 1. The second-order valence-electron chi connectivity index (χ2n) is 4.10. The average molecular weight is 222 g/mol. The van der Waals surface area contributed by atoms with Crippen LogP contribution in [-0.2, 0) is 4.79 Å². The number of carbonyl (C=O) groups excluding carboxylic acids is 1. The molecule has 1 aromatic carbocycles. The number of amides is 1. The molecule has 1 fully saturated rings. The highest BCUT2D eigenvalue weighted by atomic mass is 19.1. The van der Waals surface area contributed by atoms with Crippen LogP contribution in [0.5, 0.6) is 0 Å². The van der Waals surface area contributed by atoms with Gasteiger partial charge in [0.25, 0.3) is 0 Å². The molecule has 0 radical (unpaired) electrons. The fourth-order valence-corrected chi connectivity index (χ4v) is 1.86. The summed E-state index contributed by atoms with van der Waals surface area (Å²) in [5, 5.41) is 5.90. The molecular formula is C12H15FN2O. The lowest BCUT2D eigenvalue weighted by Gasteiger charge is -2.11. The molecule has 3 nitrogen and oxygen atoms in total. The Hall–Kier alpha value is -1.42. The van der Waals surface area contributed by atoms with Gasteiger partial charge in [0.1, 0.15) is 5.82 Å². The summed E-state index contributed by atoms with van der Waals surface area (Å²) in [7, 11) is 0. The minimum absolute atomic E-state index is 0.0384. The van der Waals surface area contributed by atoms with E-state index in [2.05, 4.69) is 10.6 Å². The van der Waals surface area contributed by atoms with Crippen LogP contribution in [-0.4, -0.2) is 18.5 Å². The molecule has 1 aromatic rings. The molecule has 4 heteroatoms. The molecule has 1 saturated heterocycles. The van der Waals surface area contributed by atoms with E-state index in [1.165, 1.54) is 6.07 Å². The second kappa shape index (κ2) is 4.61. The third kappa shape index (κ3) is 2.39. The molecule has 0 unspecified atom stereocenters. The van der Waals surface area contributed by atoms with Crippen molar-refractivity contribution in [1.29, 1.82) is 0 Å². The molecule has 0 spiro atoms. The molecule has 1 atom stereocenters. The summed E-state index contributed by atoms with van der Waals surface area (Å²) in [6.07, 6.45) is 1.90. The van der Waals surface area contributed by atoms with Crippen molar-refractivity contribution in [3.05, 3.63) is 29.6 Å². The highest BCUT2D eigenvalue weighted by Crippen LogP contribution is 2.15. The van der Waals surface area contributed by atoms with Crippen LogP contribution in [0.4, 0.5) is 10.1 Å². The van der Waals surface area contributed by atoms with Crippen LogP contribution in [0.2, 0.25) is 0 Å². The molecule has 0 bridgehead atoms. The van der Waals surface area contributed by atoms with Gasteiger partial charge in [-0.05, 0) is 50.1 Å². The van der Waals surface area contributed by atoms with E-state index in [0.29, 0.717) is 11.3 Å². The van der Waals surface area contributed by atoms with E-state index in [1.54, 1.807) is 19.1 Å². The summed E-state index contributed by atoms with van der Waals surface area (Å²) in [6, 6.07) is 4.48. The van der Waals surface area contributed by atoms with E-state index >= 15 is 0 Å². The highest BCUT2D eigenvalue weighted by molar-refractivity contribution is 5.95. The standard InChI is InChI=1S/C12H15FN2O/c1-8-7-9(4-5-10(8)13)15-12(16)11-3-2-6-14-11/h4-5,7,11,14H,2-3,6H2,1H3,(H,15,16)/t11-/m0/s1. The lowest BCUT2D eigenvalue weighted by atomic mass is 10.2. The molecule has 1 aliphatic heterocycles. The van der Waals surface area contributed by atoms with Crippen molar-refractivity contribution in [2.75, 3.05) is 11.9 Å². The lowest BCUT2D eigenvalue weighted by Crippen LogP contribution is -2.35. The van der Waals surface area contributed by atoms with Gasteiger partial charge in [-0.2, -0.15) is 0 Å². The fraction of sp³-hybridized carbons (Fsp3) is 0.417. The van der Waals surface area contributed by atoms with Gasteiger partial charge in [0.05, 0.1) is 6.04 Å².